The molecule has 0 aliphatic carbocycles. The van der Waals surface area contributed by atoms with Gasteiger partial charge in [-0.1, -0.05) is 34.1 Å². The number of pyridine rings is 1. The molecule has 6 nitrogen and oxygen atoms in total. The first-order valence-electron chi connectivity index (χ1n) is 8.54. The number of benzene rings is 1. The van der Waals surface area contributed by atoms with Crippen molar-refractivity contribution in [3.8, 4) is 0 Å². The predicted molar refractivity (Wildman–Crippen MR) is 109 cm³/mol. The Morgan fingerprint density at radius 3 is 2.85 bits per heavy atom. The summed E-state index contributed by atoms with van der Waals surface area (Å²) < 4.78 is 0.990. The van der Waals surface area contributed by atoms with Gasteiger partial charge in [0.1, 0.15) is 0 Å². The molecule has 8 heteroatoms. The summed E-state index contributed by atoms with van der Waals surface area (Å²) in [4.78, 5) is 30.7. The summed E-state index contributed by atoms with van der Waals surface area (Å²) in [7, 11) is 0. The number of nitrogens with zero attached hydrogens (tertiary/aromatic N) is 2. The van der Waals surface area contributed by atoms with Crippen molar-refractivity contribution < 1.29 is 9.59 Å². The number of carbonyl (C=O) groups excluding carboxylic acids is 2. The van der Waals surface area contributed by atoms with E-state index in [0.29, 0.717) is 26.2 Å². The topological polar surface area (TPSA) is 74.3 Å². The molecular formula is C19H22BrClN4O2. The van der Waals surface area contributed by atoms with E-state index < -0.39 is 6.04 Å². The molecule has 1 aliphatic rings. The van der Waals surface area contributed by atoms with Gasteiger partial charge < -0.3 is 15.5 Å². The van der Waals surface area contributed by atoms with E-state index in [1.54, 1.807) is 17.3 Å². The molecule has 1 aliphatic heterocycles. The highest BCUT2D eigenvalue weighted by molar-refractivity contribution is 9.10. The molecule has 27 heavy (non-hydrogen) atoms. The molecule has 2 aromatic rings. The second kappa shape index (κ2) is 10.4. The van der Waals surface area contributed by atoms with E-state index in [9.17, 15) is 9.59 Å². The Morgan fingerprint density at radius 2 is 2.11 bits per heavy atom. The first kappa shape index (κ1) is 21.3. The Balaban J connectivity index is 0.00000261. The van der Waals surface area contributed by atoms with Gasteiger partial charge in [0.15, 0.2) is 0 Å². The van der Waals surface area contributed by atoms with Gasteiger partial charge >= 0.3 is 0 Å². The van der Waals surface area contributed by atoms with Gasteiger partial charge in [0.25, 0.3) is 0 Å². The molecule has 3 rings (SSSR count). The van der Waals surface area contributed by atoms with E-state index in [4.69, 9.17) is 0 Å². The zero-order chi connectivity index (χ0) is 18.4. The van der Waals surface area contributed by atoms with Crippen LogP contribution in [0.5, 0.6) is 0 Å². The molecule has 2 heterocycles. The molecule has 1 fully saturated rings. The molecule has 1 aromatic heterocycles. The Morgan fingerprint density at radius 1 is 1.30 bits per heavy atom. The van der Waals surface area contributed by atoms with Crippen molar-refractivity contribution in [3.63, 3.8) is 0 Å². The molecule has 144 valence electrons. The van der Waals surface area contributed by atoms with Gasteiger partial charge in [-0.2, -0.15) is 0 Å². The summed E-state index contributed by atoms with van der Waals surface area (Å²) in [6.07, 6.45) is 3.54. The summed E-state index contributed by atoms with van der Waals surface area (Å²) in [5.41, 5.74) is 1.99. The Kier molecular flexibility index (Phi) is 8.22. The monoisotopic (exact) mass is 452 g/mol. The molecular weight excluding hydrogens is 432 g/mol. The summed E-state index contributed by atoms with van der Waals surface area (Å²) in [6.45, 7) is 2.28. The molecule has 1 atom stereocenters. The number of piperazine rings is 1. The number of carbonyl (C=O) groups is 2. The van der Waals surface area contributed by atoms with Crippen molar-refractivity contribution >= 4 is 40.2 Å². The maximum absolute atomic E-state index is 12.7. The SMILES string of the molecule is Cl.O=C(CC1NCCN(Cc2cccc(Br)c2)C1=O)NCc1cccnc1. The zero-order valence-electron chi connectivity index (χ0n) is 14.7. The molecule has 2 N–H and O–H groups in total. The van der Waals surface area contributed by atoms with Gasteiger partial charge in [0.05, 0.1) is 12.5 Å². The van der Waals surface area contributed by atoms with Crippen LogP contribution in [0.3, 0.4) is 0 Å². The lowest BCUT2D eigenvalue weighted by Gasteiger charge is -2.33. The fourth-order valence-electron chi connectivity index (χ4n) is 2.92. The molecule has 2 amide bonds. The average molecular weight is 454 g/mol. The maximum Gasteiger partial charge on any atom is 0.240 e. The van der Waals surface area contributed by atoms with Gasteiger partial charge in [-0.15, -0.1) is 12.4 Å². The van der Waals surface area contributed by atoms with E-state index in [1.807, 2.05) is 36.4 Å². The lowest BCUT2D eigenvalue weighted by Crippen LogP contribution is -2.55. The third-order valence-corrected chi connectivity index (χ3v) is 4.74. The minimum atomic E-state index is -0.482. The fourth-order valence-corrected chi connectivity index (χ4v) is 3.37. The number of rotatable bonds is 6. The zero-order valence-corrected chi connectivity index (χ0v) is 17.1. The van der Waals surface area contributed by atoms with Crippen LogP contribution in [0.4, 0.5) is 0 Å². The van der Waals surface area contributed by atoms with E-state index in [0.717, 1.165) is 15.6 Å². The molecule has 1 unspecified atom stereocenters. The van der Waals surface area contributed by atoms with E-state index in [-0.39, 0.29) is 30.6 Å². The van der Waals surface area contributed by atoms with Crippen molar-refractivity contribution in [2.24, 2.45) is 0 Å². The van der Waals surface area contributed by atoms with Crippen molar-refractivity contribution in [2.75, 3.05) is 13.1 Å². The number of hydrogen-bond acceptors (Lipinski definition) is 4. The number of aromatic nitrogens is 1. The van der Waals surface area contributed by atoms with Crippen LogP contribution in [0.15, 0.2) is 53.3 Å². The van der Waals surface area contributed by atoms with Gasteiger partial charge in [-0.25, -0.2) is 0 Å². The van der Waals surface area contributed by atoms with Gasteiger partial charge in [0.2, 0.25) is 11.8 Å². The predicted octanol–water partition coefficient (Wildman–Crippen LogP) is 2.27. The minimum absolute atomic E-state index is 0. The van der Waals surface area contributed by atoms with E-state index >= 15 is 0 Å². The molecule has 1 saturated heterocycles. The van der Waals surface area contributed by atoms with Gasteiger partial charge in [-0.05, 0) is 29.3 Å². The first-order valence-corrected chi connectivity index (χ1v) is 9.33. The lowest BCUT2D eigenvalue weighted by molar-refractivity contribution is -0.138. The summed E-state index contributed by atoms with van der Waals surface area (Å²) >= 11 is 3.45. The van der Waals surface area contributed by atoms with Crippen LogP contribution in [0.2, 0.25) is 0 Å². The minimum Gasteiger partial charge on any atom is -0.352 e. The molecule has 0 radical (unpaired) electrons. The molecule has 0 bridgehead atoms. The summed E-state index contributed by atoms with van der Waals surface area (Å²) in [5, 5.41) is 5.99. The maximum atomic E-state index is 12.7. The Labute approximate surface area is 173 Å². The quantitative estimate of drug-likeness (QED) is 0.704. The van der Waals surface area contributed by atoms with Crippen molar-refractivity contribution in [2.45, 2.75) is 25.6 Å². The number of amides is 2. The van der Waals surface area contributed by atoms with Gasteiger partial charge in [-0.3, -0.25) is 14.6 Å². The van der Waals surface area contributed by atoms with Crippen molar-refractivity contribution in [1.82, 2.24) is 20.5 Å². The highest BCUT2D eigenvalue weighted by Crippen LogP contribution is 2.15. The first-order chi connectivity index (χ1) is 12.6. The fraction of sp³-hybridized carbons (Fsp3) is 0.316. The van der Waals surface area contributed by atoms with E-state index in [1.165, 1.54) is 0 Å². The normalized spacial score (nSPS) is 16.6. The average Bonchev–Trinajstić information content (AvgIpc) is 2.64. The van der Waals surface area contributed by atoms with Crippen molar-refractivity contribution in [3.05, 3.63) is 64.4 Å². The molecule has 0 spiro atoms. The molecule has 0 saturated carbocycles. The van der Waals surface area contributed by atoms with Crippen LogP contribution >= 0.6 is 28.3 Å². The van der Waals surface area contributed by atoms with Crippen LogP contribution in [-0.2, 0) is 22.7 Å². The smallest absolute Gasteiger partial charge is 0.240 e. The van der Waals surface area contributed by atoms with Crippen LogP contribution < -0.4 is 10.6 Å². The highest BCUT2D eigenvalue weighted by Gasteiger charge is 2.30. The third kappa shape index (κ3) is 6.30. The number of hydrogen-bond donors (Lipinski definition) is 2. The second-order valence-electron chi connectivity index (χ2n) is 6.24. The van der Waals surface area contributed by atoms with Crippen LogP contribution in [0.1, 0.15) is 17.5 Å². The highest BCUT2D eigenvalue weighted by atomic mass is 79.9. The number of nitrogens with one attached hydrogen (secondary N) is 2. The van der Waals surface area contributed by atoms with Crippen LogP contribution in [-0.4, -0.2) is 40.8 Å². The Hall–Kier alpha value is -1.96. The van der Waals surface area contributed by atoms with E-state index in [2.05, 4.69) is 31.5 Å². The second-order valence-corrected chi connectivity index (χ2v) is 7.15. The van der Waals surface area contributed by atoms with Crippen molar-refractivity contribution in [1.29, 1.82) is 0 Å². The number of halogens is 2. The largest absolute Gasteiger partial charge is 0.352 e. The molecule has 1 aromatic carbocycles. The van der Waals surface area contributed by atoms with Crippen LogP contribution in [0.25, 0.3) is 0 Å². The lowest BCUT2D eigenvalue weighted by atomic mass is 10.1. The summed E-state index contributed by atoms with van der Waals surface area (Å²) in [6, 6.07) is 11.2. The van der Waals surface area contributed by atoms with Crippen LogP contribution in [0, 0.1) is 0 Å². The third-order valence-electron chi connectivity index (χ3n) is 4.25. The van der Waals surface area contributed by atoms with Gasteiger partial charge in [0, 0.05) is 43.0 Å². The summed E-state index contributed by atoms with van der Waals surface area (Å²) in [5.74, 6) is -0.184. The standard InChI is InChI=1S/C19H21BrN4O2.ClH/c20-16-5-1-3-14(9-16)13-24-8-7-22-17(19(24)26)10-18(25)23-12-15-4-2-6-21-11-15;/h1-6,9,11,17,22H,7-8,10,12-13H2,(H,23,25);1H. The Bertz CT molecular complexity index is 775.